The van der Waals surface area contributed by atoms with Gasteiger partial charge in [-0.25, -0.2) is 9.69 Å². The number of fused-ring (bicyclic) bond motifs is 1. The minimum atomic E-state index is -0.814. The van der Waals surface area contributed by atoms with Crippen LogP contribution < -0.4 is 10.2 Å². The summed E-state index contributed by atoms with van der Waals surface area (Å²) in [4.78, 5) is 40.5. The lowest BCUT2D eigenvalue weighted by atomic mass is 10.1. The molecule has 0 unspecified atom stereocenters. The first-order chi connectivity index (χ1) is 17.4. The van der Waals surface area contributed by atoms with E-state index in [4.69, 9.17) is 23.2 Å². The SMILES string of the molecule is O=C1NC(=O)N(c2cccc(Cl)c2)C(=O)/C1=C/c1cn(CCSc2ccc(Cl)cc2)c2ccccc12. The first kappa shape index (κ1) is 24.2. The van der Waals surface area contributed by atoms with Crippen molar-refractivity contribution in [2.75, 3.05) is 10.7 Å². The van der Waals surface area contributed by atoms with E-state index in [0.29, 0.717) is 22.2 Å². The minimum absolute atomic E-state index is 0.131. The zero-order chi connectivity index (χ0) is 25.2. The van der Waals surface area contributed by atoms with Crippen molar-refractivity contribution in [1.29, 1.82) is 0 Å². The summed E-state index contributed by atoms with van der Waals surface area (Å²) in [7, 11) is 0. The monoisotopic (exact) mass is 535 g/mol. The van der Waals surface area contributed by atoms with E-state index in [-0.39, 0.29) is 11.3 Å². The van der Waals surface area contributed by atoms with Gasteiger partial charge in [-0.1, -0.05) is 47.5 Å². The number of para-hydroxylation sites is 1. The molecule has 6 nitrogen and oxygen atoms in total. The number of thioether (sulfide) groups is 1. The number of nitrogens with zero attached hydrogens (tertiary/aromatic N) is 2. The highest BCUT2D eigenvalue weighted by Crippen LogP contribution is 2.28. The van der Waals surface area contributed by atoms with Crippen LogP contribution in [0.2, 0.25) is 10.0 Å². The molecule has 0 radical (unpaired) electrons. The summed E-state index contributed by atoms with van der Waals surface area (Å²) in [6.45, 7) is 0.713. The zero-order valence-electron chi connectivity index (χ0n) is 18.8. The van der Waals surface area contributed by atoms with Crippen molar-refractivity contribution in [1.82, 2.24) is 9.88 Å². The molecule has 36 heavy (non-hydrogen) atoms. The third kappa shape index (κ3) is 4.91. The lowest BCUT2D eigenvalue weighted by Crippen LogP contribution is -2.54. The number of benzene rings is 3. The molecule has 180 valence electrons. The first-order valence-corrected chi connectivity index (χ1v) is 12.8. The fourth-order valence-corrected chi connectivity index (χ4v) is 5.19. The van der Waals surface area contributed by atoms with Crippen LogP contribution in [0.1, 0.15) is 5.56 Å². The normalized spacial score (nSPS) is 15.1. The Labute approximate surface area is 221 Å². The highest BCUT2D eigenvalue weighted by atomic mass is 35.5. The largest absolute Gasteiger partial charge is 0.346 e. The van der Waals surface area contributed by atoms with Crippen molar-refractivity contribution < 1.29 is 14.4 Å². The molecule has 1 aromatic heterocycles. The van der Waals surface area contributed by atoms with Crippen molar-refractivity contribution in [3.8, 4) is 0 Å². The van der Waals surface area contributed by atoms with Gasteiger partial charge in [-0.05, 0) is 54.6 Å². The van der Waals surface area contributed by atoms with E-state index >= 15 is 0 Å². The summed E-state index contributed by atoms with van der Waals surface area (Å²) in [6, 6.07) is 21.0. The molecule has 1 N–H and O–H groups in total. The van der Waals surface area contributed by atoms with Crippen LogP contribution in [0.5, 0.6) is 0 Å². The van der Waals surface area contributed by atoms with Crippen LogP contribution in [0.15, 0.2) is 89.5 Å². The average Bonchev–Trinajstić information content (AvgIpc) is 3.20. The predicted octanol–water partition coefficient (Wildman–Crippen LogP) is 6.41. The van der Waals surface area contributed by atoms with E-state index in [0.717, 1.165) is 26.5 Å². The quantitative estimate of drug-likeness (QED) is 0.176. The Balaban J connectivity index is 1.45. The summed E-state index contributed by atoms with van der Waals surface area (Å²) in [5.41, 5.74) is 1.84. The second-order valence-corrected chi connectivity index (χ2v) is 10.1. The molecule has 1 saturated heterocycles. The topological polar surface area (TPSA) is 71.4 Å². The summed E-state index contributed by atoms with van der Waals surface area (Å²) in [6.07, 6.45) is 3.45. The maximum Gasteiger partial charge on any atom is 0.335 e. The number of hydrogen-bond acceptors (Lipinski definition) is 4. The molecule has 1 fully saturated rings. The highest BCUT2D eigenvalue weighted by Gasteiger charge is 2.37. The average molecular weight is 536 g/mol. The fraction of sp³-hybridized carbons (Fsp3) is 0.0741. The predicted molar refractivity (Wildman–Crippen MR) is 145 cm³/mol. The number of aryl methyl sites for hydroxylation is 1. The van der Waals surface area contributed by atoms with Crippen LogP contribution in [-0.4, -0.2) is 28.2 Å². The first-order valence-electron chi connectivity index (χ1n) is 11.0. The van der Waals surface area contributed by atoms with E-state index in [1.807, 2.05) is 54.7 Å². The second kappa shape index (κ2) is 10.2. The summed E-state index contributed by atoms with van der Waals surface area (Å²) in [5.74, 6) is -0.633. The second-order valence-electron chi connectivity index (χ2n) is 8.04. The molecule has 0 atom stereocenters. The van der Waals surface area contributed by atoms with Gasteiger partial charge >= 0.3 is 6.03 Å². The summed E-state index contributed by atoms with van der Waals surface area (Å²) in [5, 5.41) is 4.22. The zero-order valence-corrected chi connectivity index (χ0v) is 21.1. The number of barbiturate groups is 1. The van der Waals surface area contributed by atoms with Crippen molar-refractivity contribution in [2.24, 2.45) is 0 Å². The van der Waals surface area contributed by atoms with Gasteiger partial charge in [-0.15, -0.1) is 11.8 Å². The fourth-order valence-electron chi connectivity index (χ4n) is 4.03. The molecule has 0 spiro atoms. The van der Waals surface area contributed by atoms with Gasteiger partial charge in [0.1, 0.15) is 5.57 Å². The molecule has 0 saturated carbocycles. The number of nitrogens with one attached hydrogen (secondary N) is 1. The maximum absolute atomic E-state index is 13.3. The van der Waals surface area contributed by atoms with Crippen LogP contribution in [0.3, 0.4) is 0 Å². The molecule has 1 aliphatic heterocycles. The van der Waals surface area contributed by atoms with E-state index in [1.54, 1.807) is 30.0 Å². The number of urea groups is 1. The van der Waals surface area contributed by atoms with Crippen molar-refractivity contribution >= 4 is 75.5 Å². The van der Waals surface area contributed by atoms with Gasteiger partial charge in [0.25, 0.3) is 11.8 Å². The Morgan fingerprint density at radius 3 is 2.44 bits per heavy atom. The van der Waals surface area contributed by atoms with Crippen molar-refractivity contribution in [3.05, 3.63) is 100 Å². The van der Waals surface area contributed by atoms with Gasteiger partial charge in [0.05, 0.1) is 5.69 Å². The van der Waals surface area contributed by atoms with Gasteiger partial charge in [-0.2, -0.15) is 0 Å². The summed E-state index contributed by atoms with van der Waals surface area (Å²) < 4.78 is 2.09. The third-order valence-corrected chi connectivity index (χ3v) is 7.18. The van der Waals surface area contributed by atoms with Gasteiger partial charge in [0.15, 0.2) is 0 Å². The van der Waals surface area contributed by atoms with Crippen LogP contribution in [0, 0.1) is 0 Å². The number of aromatic nitrogens is 1. The van der Waals surface area contributed by atoms with Crippen LogP contribution in [0.25, 0.3) is 17.0 Å². The van der Waals surface area contributed by atoms with E-state index < -0.39 is 17.8 Å². The van der Waals surface area contributed by atoms with E-state index in [9.17, 15) is 14.4 Å². The standard InChI is InChI=1S/C27H19Cl2N3O3S/c28-18-8-10-21(11-9-18)36-13-12-31-16-17(22-6-1-2-7-24(22)31)14-23-25(33)30-27(35)32(26(23)34)20-5-3-4-19(29)15-20/h1-11,14-16H,12-13H2,(H,30,33,35)/b23-14+. The molecular formula is C27H19Cl2N3O3S. The number of anilines is 1. The third-order valence-electron chi connectivity index (χ3n) is 5.70. The molecular weight excluding hydrogens is 517 g/mol. The number of hydrogen-bond donors (Lipinski definition) is 1. The molecule has 1 aliphatic rings. The van der Waals surface area contributed by atoms with E-state index in [2.05, 4.69) is 9.88 Å². The molecule has 0 aliphatic carbocycles. The van der Waals surface area contributed by atoms with Crippen molar-refractivity contribution in [3.63, 3.8) is 0 Å². The molecule has 9 heteroatoms. The van der Waals surface area contributed by atoms with Crippen LogP contribution in [0.4, 0.5) is 10.5 Å². The van der Waals surface area contributed by atoms with Gasteiger partial charge in [0.2, 0.25) is 0 Å². The Hall–Kier alpha value is -3.52. The molecule has 0 bridgehead atoms. The minimum Gasteiger partial charge on any atom is -0.346 e. The molecule has 3 aromatic carbocycles. The number of imide groups is 2. The van der Waals surface area contributed by atoms with Crippen LogP contribution in [-0.2, 0) is 16.1 Å². The van der Waals surface area contributed by atoms with Gasteiger partial charge < -0.3 is 4.57 Å². The number of carbonyl (C=O) groups excluding carboxylic acids is 3. The Kier molecular flexibility index (Phi) is 6.87. The number of rotatable bonds is 6. The smallest absolute Gasteiger partial charge is 0.335 e. The molecule has 5 rings (SSSR count). The molecule has 2 heterocycles. The lowest BCUT2D eigenvalue weighted by Gasteiger charge is -2.26. The van der Waals surface area contributed by atoms with Gasteiger partial charge in [-0.3, -0.25) is 14.9 Å². The van der Waals surface area contributed by atoms with Crippen LogP contribution >= 0.6 is 35.0 Å². The van der Waals surface area contributed by atoms with E-state index in [1.165, 1.54) is 12.1 Å². The van der Waals surface area contributed by atoms with Gasteiger partial charge in [0, 0.05) is 49.9 Å². The number of halogens is 2. The maximum atomic E-state index is 13.3. The Bertz CT molecular complexity index is 1530. The highest BCUT2D eigenvalue weighted by molar-refractivity contribution is 7.99. The lowest BCUT2D eigenvalue weighted by molar-refractivity contribution is -0.122. The summed E-state index contributed by atoms with van der Waals surface area (Å²) >= 11 is 13.7. The number of amides is 4. The molecule has 4 amide bonds. The Morgan fingerprint density at radius 2 is 1.67 bits per heavy atom. The van der Waals surface area contributed by atoms with Crippen molar-refractivity contribution in [2.45, 2.75) is 11.4 Å². The number of carbonyl (C=O) groups is 3. The Morgan fingerprint density at radius 1 is 0.889 bits per heavy atom. The molecule has 4 aromatic rings.